The van der Waals surface area contributed by atoms with Gasteiger partial charge in [-0.3, -0.25) is 9.69 Å². The normalized spacial score (nSPS) is 26.8. The minimum absolute atomic E-state index is 0.0412. The van der Waals surface area contributed by atoms with Gasteiger partial charge < -0.3 is 19.7 Å². The molecule has 3 saturated heterocycles. The summed E-state index contributed by atoms with van der Waals surface area (Å²) in [5.74, 6) is 0.574. The molecule has 3 aliphatic rings. The van der Waals surface area contributed by atoms with Gasteiger partial charge in [0.25, 0.3) is 0 Å². The van der Waals surface area contributed by atoms with Crippen LogP contribution in [0, 0.1) is 5.92 Å². The van der Waals surface area contributed by atoms with Gasteiger partial charge in [0, 0.05) is 45.3 Å². The van der Waals surface area contributed by atoms with Gasteiger partial charge in [0.05, 0.1) is 35.9 Å². The highest BCUT2D eigenvalue weighted by Gasteiger charge is 2.37. The topological polar surface area (TPSA) is 91.4 Å². The third-order valence-corrected chi connectivity index (χ3v) is 10.2. The minimum Gasteiger partial charge on any atom is -0.378 e. The largest absolute Gasteiger partial charge is 0.378 e. The highest BCUT2D eigenvalue weighted by molar-refractivity contribution is 7.89. The molecular formula is C24H36Cl2N4O5S. The molecule has 3 fully saturated rings. The summed E-state index contributed by atoms with van der Waals surface area (Å²) >= 11 is 12.4. The van der Waals surface area contributed by atoms with Crippen LogP contribution in [0.2, 0.25) is 10.0 Å². The lowest BCUT2D eigenvalue weighted by Gasteiger charge is -2.39. The molecule has 0 aromatic heterocycles. The first-order chi connectivity index (χ1) is 17.3. The van der Waals surface area contributed by atoms with Gasteiger partial charge in [0.1, 0.15) is 11.5 Å². The first kappa shape index (κ1) is 28.0. The molecule has 0 radical (unpaired) electrons. The highest BCUT2D eigenvalue weighted by Crippen LogP contribution is 2.33. The zero-order chi connectivity index (χ0) is 25.7. The Morgan fingerprint density at radius 3 is 2.58 bits per heavy atom. The summed E-state index contributed by atoms with van der Waals surface area (Å²) in [6, 6.07) is 4.55. The Hall–Kier alpha value is -0.980. The Bertz CT molecular complexity index is 986. The number of hydrogen-bond acceptors (Lipinski definition) is 7. The zero-order valence-electron chi connectivity index (χ0n) is 20.7. The number of ether oxygens (including phenoxy) is 2. The SMILES string of the molecule is CC1NCCCC1CN1CCN(C(=O)COC[C@@H]2COCCN2S(=O)(=O)c2c(Cl)cccc2Cl)CC1. The molecule has 1 aromatic carbocycles. The molecule has 2 unspecified atom stereocenters. The fraction of sp³-hybridized carbons (Fsp3) is 0.708. The number of carbonyl (C=O) groups excluding carboxylic acids is 1. The number of nitrogens with zero attached hydrogens (tertiary/aromatic N) is 3. The summed E-state index contributed by atoms with van der Waals surface area (Å²) in [6.07, 6.45) is 2.47. The van der Waals surface area contributed by atoms with E-state index in [0.717, 1.165) is 26.2 Å². The molecule has 0 aliphatic carbocycles. The highest BCUT2D eigenvalue weighted by atomic mass is 35.5. The number of carbonyl (C=O) groups is 1. The van der Waals surface area contributed by atoms with E-state index in [1.54, 1.807) is 6.07 Å². The summed E-state index contributed by atoms with van der Waals surface area (Å²) in [5.41, 5.74) is 0. The second-order valence-corrected chi connectivity index (χ2v) is 12.4. The van der Waals surface area contributed by atoms with Crippen molar-refractivity contribution in [3.05, 3.63) is 28.2 Å². The van der Waals surface area contributed by atoms with E-state index in [0.29, 0.717) is 25.0 Å². The van der Waals surface area contributed by atoms with Crippen LogP contribution >= 0.6 is 23.2 Å². The van der Waals surface area contributed by atoms with E-state index < -0.39 is 16.1 Å². The second kappa shape index (κ2) is 12.7. The number of amides is 1. The molecule has 1 aromatic rings. The van der Waals surface area contributed by atoms with Gasteiger partial charge in [-0.2, -0.15) is 4.31 Å². The molecule has 0 spiro atoms. The maximum Gasteiger partial charge on any atom is 0.248 e. The average Bonchev–Trinajstić information content (AvgIpc) is 2.86. The van der Waals surface area contributed by atoms with Gasteiger partial charge in [-0.15, -0.1) is 0 Å². The summed E-state index contributed by atoms with van der Waals surface area (Å²) in [7, 11) is -3.96. The Balaban J connectivity index is 1.26. The monoisotopic (exact) mass is 562 g/mol. The Morgan fingerprint density at radius 2 is 1.89 bits per heavy atom. The van der Waals surface area contributed by atoms with Gasteiger partial charge in [-0.25, -0.2) is 8.42 Å². The number of nitrogens with one attached hydrogen (secondary N) is 1. The Morgan fingerprint density at radius 1 is 1.17 bits per heavy atom. The van der Waals surface area contributed by atoms with Crippen LogP contribution in [0.1, 0.15) is 19.8 Å². The number of rotatable bonds is 8. The smallest absolute Gasteiger partial charge is 0.248 e. The van der Waals surface area contributed by atoms with Gasteiger partial charge in [-0.1, -0.05) is 29.3 Å². The quantitative estimate of drug-likeness (QED) is 0.517. The Kier molecular flexibility index (Phi) is 9.90. The van der Waals surface area contributed by atoms with Crippen molar-refractivity contribution in [2.45, 2.75) is 36.7 Å². The van der Waals surface area contributed by atoms with Crippen molar-refractivity contribution in [2.75, 3.05) is 72.2 Å². The molecule has 1 N–H and O–H groups in total. The number of benzene rings is 1. The number of piperazine rings is 1. The lowest BCUT2D eigenvalue weighted by molar-refractivity contribution is -0.139. The van der Waals surface area contributed by atoms with Gasteiger partial charge in [-0.05, 0) is 44.4 Å². The van der Waals surface area contributed by atoms with E-state index in [1.807, 2.05) is 4.90 Å². The first-order valence-corrected chi connectivity index (χ1v) is 14.8. The maximum atomic E-state index is 13.3. The molecule has 36 heavy (non-hydrogen) atoms. The zero-order valence-corrected chi connectivity index (χ0v) is 23.0. The minimum atomic E-state index is -3.96. The van der Waals surface area contributed by atoms with E-state index >= 15 is 0 Å². The number of hydrogen-bond donors (Lipinski definition) is 1. The summed E-state index contributed by atoms with van der Waals surface area (Å²) in [4.78, 5) is 16.9. The molecule has 12 heteroatoms. The van der Waals surface area contributed by atoms with Crippen LogP contribution in [-0.2, 0) is 24.3 Å². The summed E-state index contributed by atoms with van der Waals surface area (Å²) in [6.45, 7) is 8.02. The second-order valence-electron chi connectivity index (χ2n) is 9.74. The number of halogens is 2. The standard InChI is InChI=1S/C24H36Cl2N4O5S/c1-18-19(4-3-7-27-18)14-28-8-10-29(11-9-28)23(31)17-35-16-20-15-34-13-12-30(20)36(32,33)24-21(25)5-2-6-22(24)26/h2,5-6,18-20,27H,3-4,7-17H2,1H3/t18?,19?,20-/m0/s1. The van der Waals surface area contributed by atoms with Crippen molar-refractivity contribution < 1.29 is 22.7 Å². The van der Waals surface area contributed by atoms with Crippen LogP contribution in [0.15, 0.2) is 23.1 Å². The summed E-state index contributed by atoms with van der Waals surface area (Å²) < 4.78 is 39.2. The predicted molar refractivity (Wildman–Crippen MR) is 139 cm³/mol. The van der Waals surface area contributed by atoms with Crippen LogP contribution in [0.5, 0.6) is 0 Å². The van der Waals surface area contributed by atoms with Crippen LogP contribution in [-0.4, -0.2) is 113 Å². The van der Waals surface area contributed by atoms with Gasteiger partial charge >= 0.3 is 0 Å². The van der Waals surface area contributed by atoms with E-state index in [4.69, 9.17) is 32.7 Å². The van der Waals surface area contributed by atoms with E-state index in [2.05, 4.69) is 17.1 Å². The van der Waals surface area contributed by atoms with Crippen LogP contribution in [0.4, 0.5) is 0 Å². The van der Waals surface area contributed by atoms with Crippen LogP contribution in [0.3, 0.4) is 0 Å². The number of piperidine rings is 1. The van der Waals surface area contributed by atoms with Gasteiger partial charge in [0.2, 0.25) is 15.9 Å². The molecule has 9 nitrogen and oxygen atoms in total. The molecule has 1 amide bonds. The molecule has 3 aliphatic heterocycles. The van der Waals surface area contributed by atoms with Crippen molar-refractivity contribution in [3.8, 4) is 0 Å². The molecule has 3 heterocycles. The molecular weight excluding hydrogens is 527 g/mol. The van der Waals surface area contributed by atoms with Crippen molar-refractivity contribution >= 4 is 39.1 Å². The molecule has 4 rings (SSSR count). The molecule has 0 bridgehead atoms. The fourth-order valence-electron chi connectivity index (χ4n) is 5.18. The Labute approximate surface area is 224 Å². The van der Waals surface area contributed by atoms with E-state index in [1.165, 1.54) is 29.3 Å². The predicted octanol–water partition coefficient (Wildman–Crippen LogP) is 1.93. The summed E-state index contributed by atoms with van der Waals surface area (Å²) in [5, 5.41) is 3.69. The fourth-order valence-corrected chi connectivity index (χ4v) is 7.85. The van der Waals surface area contributed by atoms with E-state index in [-0.39, 0.29) is 53.8 Å². The molecule has 3 atom stereocenters. The maximum absolute atomic E-state index is 13.3. The van der Waals surface area contributed by atoms with Crippen molar-refractivity contribution in [2.24, 2.45) is 5.92 Å². The molecule has 202 valence electrons. The first-order valence-electron chi connectivity index (χ1n) is 12.6. The van der Waals surface area contributed by atoms with E-state index in [9.17, 15) is 13.2 Å². The number of sulfonamides is 1. The van der Waals surface area contributed by atoms with Crippen LogP contribution < -0.4 is 5.32 Å². The van der Waals surface area contributed by atoms with Crippen molar-refractivity contribution in [1.29, 1.82) is 0 Å². The lowest BCUT2D eigenvalue weighted by atomic mass is 9.91. The van der Waals surface area contributed by atoms with Crippen molar-refractivity contribution in [1.82, 2.24) is 19.4 Å². The van der Waals surface area contributed by atoms with Crippen LogP contribution in [0.25, 0.3) is 0 Å². The number of morpholine rings is 1. The third-order valence-electron chi connectivity index (χ3n) is 7.34. The average molecular weight is 564 g/mol. The lowest BCUT2D eigenvalue weighted by Crippen LogP contribution is -2.53. The third kappa shape index (κ3) is 6.71. The van der Waals surface area contributed by atoms with Crippen molar-refractivity contribution in [3.63, 3.8) is 0 Å². The van der Waals surface area contributed by atoms with Gasteiger partial charge in [0.15, 0.2) is 0 Å². The molecule has 0 saturated carbocycles.